The number of amides is 1. The van der Waals surface area contributed by atoms with E-state index in [0.717, 1.165) is 25.2 Å². The fourth-order valence-corrected chi connectivity index (χ4v) is 2.56. The maximum absolute atomic E-state index is 12.1. The van der Waals surface area contributed by atoms with Gasteiger partial charge in [0.05, 0.1) is 0 Å². The van der Waals surface area contributed by atoms with Gasteiger partial charge in [0.25, 0.3) is 5.91 Å². The highest BCUT2D eigenvalue weighted by molar-refractivity contribution is 5.94. The number of rotatable bonds is 3. The SMILES string of the molecule is CC(C)(C)c1ccc(C(=O)NC[C@@H]2CCCNC2)cc1. The van der Waals surface area contributed by atoms with Gasteiger partial charge in [-0.05, 0) is 55.0 Å². The van der Waals surface area contributed by atoms with Crippen molar-refractivity contribution in [2.75, 3.05) is 19.6 Å². The average Bonchev–Trinajstić information content (AvgIpc) is 2.45. The highest BCUT2D eigenvalue weighted by Crippen LogP contribution is 2.22. The molecule has 1 aromatic carbocycles. The molecule has 0 unspecified atom stereocenters. The van der Waals surface area contributed by atoms with Crippen LogP contribution in [0, 0.1) is 5.92 Å². The first-order valence-corrected chi connectivity index (χ1v) is 7.56. The number of hydrogen-bond acceptors (Lipinski definition) is 2. The second-order valence-electron chi connectivity index (χ2n) is 6.75. The Balaban J connectivity index is 1.89. The van der Waals surface area contributed by atoms with E-state index in [4.69, 9.17) is 0 Å². The van der Waals surface area contributed by atoms with Crippen LogP contribution in [0.25, 0.3) is 0 Å². The summed E-state index contributed by atoms with van der Waals surface area (Å²) in [6.45, 7) is 9.43. The molecule has 2 N–H and O–H groups in total. The monoisotopic (exact) mass is 274 g/mol. The second-order valence-corrected chi connectivity index (χ2v) is 6.75. The largest absolute Gasteiger partial charge is 0.352 e. The van der Waals surface area contributed by atoms with E-state index in [1.165, 1.54) is 18.4 Å². The van der Waals surface area contributed by atoms with E-state index in [1.54, 1.807) is 0 Å². The third kappa shape index (κ3) is 4.07. The number of carbonyl (C=O) groups is 1. The fourth-order valence-electron chi connectivity index (χ4n) is 2.56. The van der Waals surface area contributed by atoms with Crippen molar-refractivity contribution >= 4 is 5.91 Å². The van der Waals surface area contributed by atoms with Crippen molar-refractivity contribution in [1.82, 2.24) is 10.6 Å². The lowest BCUT2D eigenvalue weighted by Gasteiger charge is -2.23. The minimum Gasteiger partial charge on any atom is -0.352 e. The molecule has 3 nitrogen and oxygen atoms in total. The standard InChI is InChI=1S/C17H26N2O/c1-17(2,3)15-8-6-14(7-9-15)16(20)19-12-13-5-4-10-18-11-13/h6-9,13,18H,4-5,10-12H2,1-3H3,(H,19,20)/t13-/m1/s1. The van der Waals surface area contributed by atoms with E-state index in [-0.39, 0.29) is 11.3 Å². The Bertz CT molecular complexity index is 439. The molecule has 1 atom stereocenters. The molecular weight excluding hydrogens is 248 g/mol. The van der Waals surface area contributed by atoms with E-state index in [2.05, 4.69) is 43.5 Å². The molecule has 110 valence electrons. The molecule has 1 saturated heterocycles. The zero-order valence-electron chi connectivity index (χ0n) is 12.8. The third-order valence-electron chi connectivity index (χ3n) is 3.96. The van der Waals surface area contributed by atoms with Crippen molar-refractivity contribution < 1.29 is 4.79 Å². The van der Waals surface area contributed by atoms with Gasteiger partial charge in [0, 0.05) is 12.1 Å². The Morgan fingerprint density at radius 2 is 2.00 bits per heavy atom. The van der Waals surface area contributed by atoms with Crippen LogP contribution in [0.2, 0.25) is 0 Å². The predicted molar refractivity (Wildman–Crippen MR) is 83.1 cm³/mol. The predicted octanol–water partition coefficient (Wildman–Crippen LogP) is 2.71. The smallest absolute Gasteiger partial charge is 0.251 e. The fraction of sp³-hybridized carbons (Fsp3) is 0.588. The zero-order chi connectivity index (χ0) is 14.6. The zero-order valence-corrected chi connectivity index (χ0v) is 12.8. The van der Waals surface area contributed by atoms with E-state index < -0.39 is 0 Å². The van der Waals surface area contributed by atoms with Gasteiger partial charge in [0.2, 0.25) is 0 Å². The minimum atomic E-state index is 0.0380. The maximum Gasteiger partial charge on any atom is 0.251 e. The van der Waals surface area contributed by atoms with Gasteiger partial charge in [-0.2, -0.15) is 0 Å². The van der Waals surface area contributed by atoms with Crippen LogP contribution >= 0.6 is 0 Å². The Kier molecular flexibility index (Phi) is 4.81. The molecule has 0 radical (unpaired) electrons. The number of piperidine rings is 1. The summed E-state index contributed by atoms with van der Waals surface area (Å²) in [5.41, 5.74) is 2.13. The maximum atomic E-state index is 12.1. The van der Waals surface area contributed by atoms with Crippen molar-refractivity contribution in [1.29, 1.82) is 0 Å². The summed E-state index contributed by atoms with van der Waals surface area (Å²) in [5, 5.41) is 6.42. The van der Waals surface area contributed by atoms with Crippen LogP contribution in [-0.2, 0) is 5.41 Å². The molecular formula is C17H26N2O. The van der Waals surface area contributed by atoms with Crippen molar-refractivity contribution in [3.8, 4) is 0 Å². The molecule has 0 aliphatic carbocycles. The summed E-state index contributed by atoms with van der Waals surface area (Å²) in [4.78, 5) is 12.1. The van der Waals surface area contributed by atoms with E-state index >= 15 is 0 Å². The number of benzene rings is 1. The molecule has 1 heterocycles. The Morgan fingerprint density at radius 1 is 1.30 bits per heavy atom. The first kappa shape index (κ1) is 15.0. The summed E-state index contributed by atoms with van der Waals surface area (Å²) in [5.74, 6) is 0.609. The molecule has 1 aliphatic rings. The number of hydrogen-bond donors (Lipinski definition) is 2. The minimum absolute atomic E-state index is 0.0380. The lowest BCUT2D eigenvalue weighted by atomic mass is 9.86. The van der Waals surface area contributed by atoms with Gasteiger partial charge in [-0.1, -0.05) is 32.9 Å². The molecule has 0 bridgehead atoms. The molecule has 1 fully saturated rings. The van der Waals surface area contributed by atoms with Crippen LogP contribution in [0.4, 0.5) is 0 Å². The normalized spacial score (nSPS) is 19.6. The van der Waals surface area contributed by atoms with Crippen molar-refractivity contribution in [3.63, 3.8) is 0 Å². The molecule has 1 aromatic rings. The van der Waals surface area contributed by atoms with Crippen LogP contribution < -0.4 is 10.6 Å². The molecule has 1 amide bonds. The first-order valence-electron chi connectivity index (χ1n) is 7.56. The summed E-state index contributed by atoms with van der Waals surface area (Å²) in [7, 11) is 0. The van der Waals surface area contributed by atoms with E-state index in [0.29, 0.717) is 5.92 Å². The number of nitrogens with one attached hydrogen (secondary N) is 2. The van der Waals surface area contributed by atoms with E-state index in [1.807, 2.05) is 12.1 Å². The Hall–Kier alpha value is -1.35. The van der Waals surface area contributed by atoms with Crippen LogP contribution in [0.15, 0.2) is 24.3 Å². The van der Waals surface area contributed by atoms with Crippen molar-refractivity contribution in [2.24, 2.45) is 5.92 Å². The van der Waals surface area contributed by atoms with Gasteiger partial charge in [0.15, 0.2) is 0 Å². The van der Waals surface area contributed by atoms with Crippen LogP contribution in [-0.4, -0.2) is 25.5 Å². The van der Waals surface area contributed by atoms with Gasteiger partial charge in [-0.15, -0.1) is 0 Å². The number of carbonyl (C=O) groups excluding carboxylic acids is 1. The quantitative estimate of drug-likeness (QED) is 0.890. The lowest BCUT2D eigenvalue weighted by molar-refractivity contribution is 0.0945. The second kappa shape index (κ2) is 6.40. The first-order chi connectivity index (χ1) is 9.47. The van der Waals surface area contributed by atoms with Crippen molar-refractivity contribution in [2.45, 2.75) is 39.0 Å². The molecule has 0 aromatic heterocycles. The Morgan fingerprint density at radius 3 is 2.55 bits per heavy atom. The Labute approximate surface area is 122 Å². The van der Waals surface area contributed by atoms with E-state index in [9.17, 15) is 4.79 Å². The van der Waals surface area contributed by atoms with Crippen LogP contribution in [0.3, 0.4) is 0 Å². The van der Waals surface area contributed by atoms with Crippen LogP contribution in [0.1, 0.15) is 49.5 Å². The van der Waals surface area contributed by atoms with Gasteiger partial charge in [0.1, 0.15) is 0 Å². The van der Waals surface area contributed by atoms with Gasteiger partial charge in [-0.25, -0.2) is 0 Å². The van der Waals surface area contributed by atoms with Crippen LogP contribution in [0.5, 0.6) is 0 Å². The van der Waals surface area contributed by atoms with Crippen molar-refractivity contribution in [3.05, 3.63) is 35.4 Å². The summed E-state index contributed by atoms with van der Waals surface area (Å²) >= 11 is 0. The summed E-state index contributed by atoms with van der Waals surface area (Å²) < 4.78 is 0. The molecule has 3 heteroatoms. The molecule has 0 spiro atoms. The highest BCUT2D eigenvalue weighted by Gasteiger charge is 2.16. The topological polar surface area (TPSA) is 41.1 Å². The third-order valence-corrected chi connectivity index (χ3v) is 3.96. The molecule has 20 heavy (non-hydrogen) atoms. The highest BCUT2D eigenvalue weighted by atomic mass is 16.1. The van der Waals surface area contributed by atoms with Gasteiger partial charge in [-0.3, -0.25) is 4.79 Å². The van der Waals surface area contributed by atoms with Gasteiger partial charge < -0.3 is 10.6 Å². The average molecular weight is 274 g/mol. The van der Waals surface area contributed by atoms with Gasteiger partial charge >= 0.3 is 0 Å². The molecule has 2 rings (SSSR count). The molecule has 0 saturated carbocycles. The molecule has 1 aliphatic heterocycles. The lowest BCUT2D eigenvalue weighted by Crippen LogP contribution is -2.38. The summed E-state index contributed by atoms with van der Waals surface area (Å²) in [6, 6.07) is 7.96. The summed E-state index contributed by atoms with van der Waals surface area (Å²) in [6.07, 6.45) is 2.41.